The summed E-state index contributed by atoms with van der Waals surface area (Å²) in [6.07, 6.45) is 8.32. The highest BCUT2D eigenvalue weighted by Crippen LogP contribution is 2.05. The zero-order valence-corrected chi connectivity index (χ0v) is 11.0. The van der Waals surface area contributed by atoms with Crippen molar-refractivity contribution < 1.29 is 0 Å². The molecular formula is C13H22N2O2. The first-order valence-electron chi connectivity index (χ1n) is 6.33. The average Bonchev–Trinajstić information content (AvgIpc) is 2.32. The normalized spacial score (nSPS) is 10.8. The van der Waals surface area contributed by atoms with Gasteiger partial charge in [-0.05, 0) is 12.8 Å². The zero-order valence-electron chi connectivity index (χ0n) is 11.0. The summed E-state index contributed by atoms with van der Waals surface area (Å²) >= 11 is 0. The Labute approximate surface area is 102 Å². The second kappa shape index (κ2) is 6.42. The Kier molecular flexibility index (Phi) is 5.19. The van der Waals surface area contributed by atoms with E-state index in [1.165, 1.54) is 35.4 Å². The summed E-state index contributed by atoms with van der Waals surface area (Å²) in [7, 11) is 3.22. The van der Waals surface area contributed by atoms with E-state index in [0.717, 1.165) is 24.8 Å². The third-order valence-electron chi connectivity index (χ3n) is 3.07. The Balaban J connectivity index is 2.66. The van der Waals surface area contributed by atoms with Crippen molar-refractivity contribution in [2.24, 2.45) is 14.1 Å². The largest absolute Gasteiger partial charge is 0.330 e. The topological polar surface area (TPSA) is 44.0 Å². The molecular weight excluding hydrogens is 216 g/mol. The summed E-state index contributed by atoms with van der Waals surface area (Å²) in [6.45, 7) is 2.18. The summed E-state index contributed by atoms with van der Waals surface area (Å²) in [6, 6.07) is 0. The first-order chi connectivity index (χ1) is 8.07. The van der Waals surface area contributed by atoms with Crippen LogP contribution in [0, 0.1) is 0 Å². The van der Waals surface area contributed by atoms with Gasteiger partial charge in [0.25, 0.3) is 5.56 Å². The Morgan fingerprint density at radius 2 is 1.71 bits per heavy atom. The van der Waals surface area contributed by atoms with E-state index in [2.05, 4.69) is 6.92 Å². The quantitative estimate of drug-likeness (QED) is 0.706. The highest BCUT2D eigenvalue weighted by molar-refractivity contribution is 5.05. The Morgan fingerprint density at radius 3 is 2.35 bits per heavy atom. The van der Waals surface area contributed by atoms with Gasteiger partial charge in [-0.2, -0.15) is 0 Å². The van der Waals surface area contributed by atoms with Crippen molar-refractivity contribution in [1.82, 2.24) is 9.13 Å². The van der Waals surface area contributed by atoms with Crippen LogP contribution in [-0.4, -0.2) is 9.13 Å². The fourth-order valence-corrected chi connectivity index (χ4v) is 1.97. The van der Waals surface area contributed by atoms with Crippen LogP contribution in [0.2, 0.25) is 0 Å². The van der Waals surface area contributed by atoms with Crippen LogP contribution in [0.15, 0.2) is 15.8 Å². The molecule has 0 atom stereocenters. The molecule has 4 heteroatoms. The third kappa shape index (κ3) is 3.58. The van der Waals surface area contributed by atoms with Gasteiger partial charge in [0.2, 0.25) is 0 Å². The number of hydrogen-bond acceptors (Lipinski definition) is 2. The monoisotopic (exact) mass is 238 g/mol. The summed E-state index contributed by atoms with van der Waals surface area (Å²) in [4.78, 5) is 23.3. The number of hydrogen-bond donors (Lipinski definition) is 0. The Bertz CT molecular complexity index is 471. The van der Waals surface area contributed by atoms with Crippen LogP contribution in [0.5, 0.6) is 0 Å². The van der Waals surface area contributed by atoms with Gasteiger partial charge < -0.3 is 4.57 Å². The zero-order chi connectivity index (χ0) is 12.8. The lowest BCUT2D eigenvalue weighted by atomic mass is 10.1. The Hall–Kier alpha value is -1.32. The van der Waals surface area contributed by atoms with Gasteiger partial charge in [-0.3, -0.25) is 9.36 Å². The van der Waals surface area contributed by atoms with Gasteiger partial charge in [0.15, 0.2) is 0 Å². The molecule has 0 unspecified atom stereocenters. The third-order valence-corrected chi connectivity index (χ3v) is 3.07. The van der Waals surface area contributed by atoms with E-state index < -0.39 is 0 Å². The first-order valence-corrected chi connectivity index (χ1v) is 6.33. The SMILES string of the molecule is CCCCCCCc1cn(C)c(=O)n(C)c1=O. The van der Waals surface area contributed by atoms with Gasteiger partial charge in [-0.15, -0.1) is 0 Å². The van der Waals surface area contributed by atoms with E-state index in [-0.39, 0.29) is 11.2 Å². The van der Waals surface area contributed by atoms with Crippen molar-refractivity contribution in [2.45, 2.75) is 45.4 Å². The molecule has 0 radical (unpaired) electrons. The van der Waals surface area contributed by atoms with Gasteiger partial charge in [-0.1, -0.05) is 32.6 Å². The van der Waals surface area contributed by atoms with Crippen molar-refractivity contribution in [2.75, 3.05) is 0 Å². The van der Waals surface area contributed by atoms with Crippen LogP contribution in [0.4, 0.5) is 0 Å². The molecule has 1 heterocycles. The number of nitrogens with zero attached hydrogens (tertiary/aromatic N) is 2. The molecule has 0 fully saturated rings. The molecule has 0 aliphatic carbocycles. The van der Waals surface area contributed by atoms with E-state index >= 15 is 0 Å². The van der Waals surface area contributed by atoms with Crippen LogP contribution in [0.3, 0.4) is 0 Å². The molecule has 0 spiro atoms. The lowest BCUT2D eigenvalue weighted by molar-refractivity contribution is 0.615. The van der Waals surface area contributed by atoms with E-state index in [1.807, 2.05) is 0 Å². The fraction of sp³-hybridized carbons (Fsp3) is 0.692. The highest BCUT2D eigenvalue weighted by Gasteiger charge is 2.05. The molecule has 0 saturated heterocycles. The molecule has 17 heavy (non-hydrogen) atoms. The van der Waals surface area contributed by atoms with Gasteiger partial charge in [0, 0.05) is 25.9 Å². The number of aromatic nitrogens is 2. The summed E-state index contributed by atoms with van der Waals surface area (Å²) in [5.41, 5.74) is 0.333. The Morgan fingerprint density at radius 1 is 1.06 bits per heavy atom. The van der Waals surface area contributed by atoms with Crippen molar-refractivity contribution in [3.05, 3.63) is 32.6 Å². The standard InChI is InChI=1S/C13H22N2O2/c1-4-5-6-7-8-9-11-10-14(2)13(17)15(3)12(11)16/h10H,4-9H2,1-3H3. The summed E-state index contributed by atoms with van der Waals surface area (Å²) < 4.78 is 2.66. The van der Waals surface area contributed by atoms with Crippen molar-refractivity contribution in [3.63, 3.8) is 0 Å². The molecule has 96 valence electrons. The van der Waals surface area contributed by atoms with Crippen LogP contribution >= 0.6 is 0 Å². The molecule has 0 N–H and O–H groups in total. The van der Waals surface area contributed by atoms with Crippen molar-refractivity contribution >= 4 is 0 Å². The summed E-state index contributed by atoms with van der Waals surface area (Å²) in [5, 5.41) is 0. The molecule has 0 bridgehead atoms. The van der Waals surface area contributed by atoms with Crippen LogP contribution in [-0.2, 0) is 20.5 Å². The van der Waals surface area contributed by atoms with E-state index in [0.29, 0.717) is 0 Å². The number of unbranched alkanes of at least 4 members (excludes halogenated alkanes) is 4. The molecule has 1 rings (SSSR count). The maximum Gasteiger partial charge on any atom is 0.330 e. The lowest BCUT2D eigenvalue weighted by Crippen LogP contribution is -2.38. The minimum absolute atomic E-state index is 0.149. The molecule has 1 aromatic rings. The second-order valence-electron chi connectivity index (χ2n) is 4.58. The van der Waals surface area contributed by atoms with E-state index in [4.69, 9.17) is 0 Å². The van der Waals surface area contributed by atoms with Gasteiger partial charge in [0.05, 0.1) is 0 Å². The average molecular weight is 238 g/mol. The van der Waals surface area contributed by atoms with Crippen molar-refractivity contribution in [3.8, 4) is 0 Å². The van der Waals surface area contributed by atoms with Gasteiger partial charge in [-0.25, -0.2) is 4.79 Å². The predicted octanol–water partition coefficient (Wildman–Crippen LogP) is 1.60. The smallest absolute Gasteiger partial charge is 0.303 e. The molecule has 0 amide bonds. The second-order valence-corrected chi connectivity index (χ2v) is 4.58. The first kappa shape index (κ1) is 13.7. The molecule has 1 aromatic heterocycles. The maximum atomic E-state index is 11.8. The van der Waals surface area contributed by atoms with Crippen LogP contribution in [0.25, 0.3) is 0 Å². The summed E-state index contributed by atoms with van der Waals surface area (Å²) in [5.74, 6) is 0. The molecule has 0 aliphatic heterocycles. The number of aryl methyl sites for hydroxylation is 2. The van der Waals surface area contributed by atoms with E-state index in [9.17, 15) is 9.59 Å². The predicted molar refractivity (Wildman–Crippen MR) is 69.4 cm³/mol. The van der Waals surface area contributed by atoms with Crippen molar-refractivity contribution in [1.29, 1.82) is 0 Å². The molecule has 4 nitrogen and oxygen atoms in total. The number of rotatable bonds is 6. The van der Waals surface area contributed by atoms with Gasteiger partial charge in [0.1, 0.15) is 0 Å². The van der Waals surface area contributed by atoms with E-state index in [1.54, 1.807) is 13.2 Å². The molecule has 0 saturated carbocycles. The fourth-order valence-electron chi connectivity index (χ4n) is 1.97. The van der Waals surface area contributed by atoms with Gasteiger partial charge >= 0.3 is 5.69 Å². The maximum absolute atomic E-state index is 11.8. The van der Waals surface area contributed by atoms with Crippen LogP contribution in [0.1, 0.15) is 44.6 Å². The molecule has 0 aromatic carbocycles. The molecule has 0 aliphatic rings. The van der Waals surface area contributed by atoms with Crippen LogP contribution < -0.4 is 11.2 Å². The lowest BCUT2D eigenvalue weighted by Gasteiger charge is -2.06. The minimum Gasteiger partial charge on any atom is -0.303 e. The minimum atomic E-state index is -0.260. The highest BCUT2D eigenvalue weighted by atomic mass is 16.2.